The molecule has 6 heteroatoms. The minimum absolute atomic E-state index is 0.138. The van der Waals surface area contributed by atoms with Gasteiger partial charge in [0.15, 0.2) is 0 Å². The highest BCUT2D eigenvalue weighted by atomic mass is 16.4. The minimum atomic E-state index is -1.07. The van der Waals surface area contributed by atoms with Gasteiger partial charge < -0.3 is 20.0 Å². The number of carbonyl (C=O) groups excluding carboxylic acids is 1. The van der Waals surface area contributed by atoms with E-state index in [1.54, 1.807) is 0 Å². The van der Waals surface area contributed by atoms with Gasteiger partial charge in [0.1, 0.15) is 6.54 Å². The van der Waals surface area contributed by atoms with Crippen molar-refractivity contribution in [3.63, 3.8) is 0 Å². The van der Waals surface area contributed by atoms with E-state index < -0.39 is 5.97 Å². The van der Waals surface area contributed by atoms with Gasteiger partial charge >= 0.3 is 12.0 Å². The molecule has 2 amide bonds. The molecule has 2 N–H and O–H groups in total. The first-order valence-electron chi connectivity index (χ1n) is 5.54. The van der Waals surface area contributed by atoms with E-state index in [4.69, 9.17) is 10.2 Å². The molecule has 0 aliphatic heterocycles. The normalized spacial score (nSPS) is 9.76. The summed E-state index contributed by atoms with van der Waals surface area (Å²) in [6.07, 6.45) is 2.23. The van der Waals surface area contributed by atoms with Crippen molar-refractivity contribution in [2.75, 3.05) is 32.8 Å². The Morgan fingerprint density at radius 3 is 2.35 bits per heavy atom. The molecule has 0 aromatic rings. The van der Waals surface area contributed by atoms with E-state index >= 15 is 0 Å². The number of hydrogen-bond acceptors (Lipinski definition) is 3. The number of aliphatic hydroxyl groups is 1. The number of aliphatic carboxylic acids is 1. The molecule has 0 aliphatic rings. The molecule has 0 aromatic carbocycles. The summed E-state index contributed by atoms with van der Waals surface area (Å²) < 4.78 is 0. The molecule has 0 unspecified atom stereocenters. The van der Waals surface area contributed by atoms with Gasteiger partial charge in [0.25, 0.3) is 0 Å². The lowest BCUT2D eigenvalue weighted by Crippen LogP contribution is -2.46. The number of carboxylic acids is 1. The number of amides is 2. The van der Waals surface area contributed by atoms with Gasteiger partial charge in [-0.3, -0.25) is 4.79 Å². The molecule has 0 heterocycles. The number of rotatable bonds is 8. The van der Waals surface area contributed by atoms with Crippen LogP contribution in [0, 0.1) is 0 Å². The van der Waals surface area contributed by atoms with E-state index in [2.05, 4.69) is 6.58 Å². The summed E-state index contributed by atoms with van der Waals surface area (Å²) in [4.78, 5) is 25.2. The minimum Gasteiger partial charge on any atom is -0.480 e. The van der Waals surface area contributed by atoms with Crippen molar-refractivity contribution >= 4 is 12.0 Å². The Labute approximate surface area is 101 Å². The Morgan fingerprint density at radius 1 is 1.29 bits per heavy atom. The SMILES string of the molecule is C=CCN(CC(=O)O)C(=O)N(CCC)CCO. The zero-order valence-corrected chi connectivity index (χ0v) is 10.1. The van der Waals surface area contributed by atoms with Crippen molar-refractivity contribution in [2.24, 2.45) is 0 Å². The largest absolute Gasteiger partial charge is 0.480 e. The van der Waals surface area contributed by atoms with Crippen LogP contribution in [0.3, 0.4) is 0 Å². The third-order valence-corrected chi connectivity index (χ3v) is 2.08. The summed E-state index contributed by atoms with van der Waals surface area (Å²) >= 11 is 0. The first kappa shape index (κ1) is 15.4. The zero-order chi connectivity index (χ0) is 13.3. The van der Waals surface area contributed by atoms with Gasteiger partial charge in [0, 0.05) is 19.6 Å². The van der Waals surface area contributed by atoms with E-state index in [9.17, 15) is 9.59 Å². The number of hydrogen-bond donors (Lipinski definition) is 2. The predicted molar refractivity (Wildman–Crippen MR) is 63.8 cm³/mol. The summed E-state index contributed by atoms with van der Waals surface area (Å²) in [6, 6.07) is -0.386. The third-order valence-electron chi connectivity index (χ3n) is 2.08. The predicted octanol–water partition coefficient (Wildman–Crippen LogP) is 0.383. The lowest BCUT2D eigenvalue weighted by molar-refractivity contribution is -0.137. The quantitative estimate of drug-likeness (QED) is 0.605. The van der Waals surface area contributed by atoms with Crippen molar-refractivity contribution in [3.8, 4) is 0 Å². The highest BCUT2D eigenvalue weighted by Gasteiger charge is 2.20. The number of aliphatic hydroxyl groups excluding tert-OH is 1. The summed E-state index contributed by atoms with van der Waals surface area (Å²) in [5.74, 6) is -1.07. The monoisotopic (exact) mass is 244 g/mol. The van der Waals surface area contributed by atoms with Crippen molar-refractivity contribution in [1.29, 1.82) is 0 Å². The Kier molecular flexibility index (Phi) is 7.79. The molecule has 0 atom stereocenters. The fourth-order valence-electron chi connectivity index (χ4n) is 1.42. The van der Waals surface area contributed by atoms with Crippen LogP contribution in [0.2, 0.25) is 0 Å². The smallest absolute Gasteiger partial charge is 0.323 e. The maximum Gasteiger partial charge on any atom is 0.323 e. The standard InChI is InChI=1S/C11H20N2O4/c1-3-5-12(7-8-14)11(17)13(6-4-2)9-10(15)16/h4,14H,2-3,5-9H2,1H3,(H,15,16). The molecule has 0 fully saturated rings. The molecule has 0 aromatic heterocycles. The Hall–Kier alpha value is -1.56. The molecular weight excluding hydrogens is 224 g/mol. The van der Waals surface area contributed by atoms with Gasteiger partial charge in [0.2, 0.25) is 0 Å². The van der Waals surface area contributed by atoms with Crippen LogP contribution in [0.15, 0.2) is 12.7 Å². The van der Waals surface area contributed by atoms with E-state index in [0.717, 1.165) is 6.42 Å². The summed E-state index contributed by atoms with van der Waals surface area (Å²) in [6.45, 7) is 5.77. The maximum atomic E-state index is 12.0. The topological polar surface area (TPSA) is 81.1 Å². The molecule has 0 aliphatic carbocycles. The van der Waals surface area contributed by atoms with Crippen LogP contribution < -0.4 is 0 Å². The summed E-state index contributed by atoms with van der Waals surface area (Å²) in [7, 11) is 0. The molecule has 0 saturated carbocycles. The molecule has 98 valence electrons. The van der Waals surface area contributed by atoms with E-state index in [1.807, 2.05) is 6.92 Å². The number of urea groups is 1. The third kappa shape index (κ3) is 5.91. The van der Waals surface area contributed by atoms with Gasteiger partial charge in [-0.25, -0.2) is 4.79 Å². The summed E-state index contributed by atoms with van der Waals surface area (Å²) in [5.41, 5.74) is 0. The number of carbonyl (C=O) groups is 2. The first-order valence-corrected chi connectivity index (χ1v) is 5.54. The zero-order valence-electron chi connectivity index (χ0n) is 10.1. The second kappa shape index (κ2) is 8.58. The average molecular weight is 244 g/mol. The highest BCUT2D eigenvalue weighted by molar-refractivity contribution is 5.80. The van der Waals surface area contributed by atoms with Gasteiger partial charge in [-0.15, -0.1) is 6.58 Å². The van der Waals surface area contributed by atoms with Crippen LogP contribution in [-0.4, -0.2) is 64.8 Å². The van der Waals surface area contributed by atoms with Crippen LogP contribution in [0.4, 0.5) is 4.79 Å². The summed E-state index contributed by atoms with van der Waals surface area (Å²) in [5, 5.41) is 17.6. The molecule has 17 heavy (non-hydrogen) atoms. The highest BCUT2D eigenvalue weighted by Crippen LogP contribution is 2.01. The van der Waals surface area contributed by atoms with E-state index in [1.165, 1.54) is 15.9 Å². The van der Waals surface area contributed by atoms with Gasteiger partial charge in [-0.1, -0.05) is 13.0 Å². The second-order valence-electron chi connectivity index (χ2n) is 3.56. The Bertz CT molecular complexity index is 262. The van der Waals surface area contributed by atoms with Crippen LogP contribution in [0.1, 0.15) is 13.3 Å². The van der Waals surface area contributed by atoms with Gasteiger partial charge in [-0.05, 0) is 6.42 Å². The molecule has 6 nitrogen and oxygen atoms in total. The van der Waals surface area contributed by atoms with Crippen molar-refractivity contribution in [2.45, 2.75) is 13.3 Å². The fourth-order valence-corrected chi connectivity index (χ4v) is 1.42. The molecule has 0 rings (SSSR count). The number of carboxylic acid groups (broad SMARTS) is 1. The first-order chi connectivity index (χ1) is 8.06. The fraction of sp³-hybridized carbons (Fsp3) is 0.636. The lowest BCUT2D eigenvalue weighted by Gasteiger charge is -2.28. The molecule has 0 saturated heterocycles. The molecule has 0 spiro atoms. The van der Waals surface area contributed by atoms with Crippen LogP contribution in [0.25, 0.3) is 0 Å². The Balaban J connectivity index is 4.62. The Morgan fingerprint density at radius 2 is 1.94 bits per heavy atom. The van der Waals surface area contributed by atoms with Crippen LogP contribution in [-0.2, 0) is 4.79 Å². The van der Waals surface area contributed by atoms with Crippen molar-refractivity contribution in [1.82, 2.24) is 9.80 Å². The van der Waals surface area contributed by atoms with Crippen LogP contribution in [0.5, 0.6) is 0 Å². The van der Waals surface area contributed by atoms with Crippen LogP contribution >= 0.6 is 0 Å². The van der Waals surface area contributed by atoms with E-state index in [-0.39, 0.29) is 32.3 Å². The van der Waals surface area contributed by atoms with Gasteiger partial charge in [-0.2, -0.15) is 0 Å². The van der Waals surface area contributed by atoms with Crippen molar-refractivity contribution < 1.29 is 19.8 Å². The van der Waals surface area contributed by atoms with Crippen molar-refractivity contribution in [3.05, 3.63) is 12.7 Å². The molecule has 0 bridgehead atoms. The number of nitrogens with zero attached hydrogens (tertiary/aromatic N) is 2. The van der Waals surface area contributed by atoms with E-state index in [0.29, 0.717) is 6.54 Å². The molecular formula is C11H20N2O4. The maximum absolute atomic E-state index is 12.0. The van der Waals surface area contributed by atoms with Gasteiger partial charge in [0.05, 0.1) is 6.61 Å². The second-order valence-corrected chi connectivity index (χ2v) is 3.56. The lowest BCUT2D eigenvalue weighted by atomic mass is 10.4. The molecule has 0 radical (unpaired) electrons. The average Bonchev–Trinajstić information content (AvgIpc) is 2.27.